The van der Waals surface area contributed by atoms with E-state index in [0.717, 1.165) is 26.8 Å². The van der Waals surface area contributed by atoms with Crippen molar-refractivity contribution in [1.29, 1.82) is 0 Å². The first-order chi connectivity index (χ1) is 8.16. The number of nitrogens with two attached hydrogens (primary N) is 1. The van der Waals surface area contributed by atoms with E-state index in [1.165, 1.54) is 0 Å². The SMILES string of the molecule is Cn1nc(N)c(Br)c1-c1ccc2nc[nH]c2c1. The standard InChI is InChI=1S/C11H10BrN5/c1-17-10(9(12)11(13)16-17)6-2-3-7-8(4-6)15-5-14-7/h2-5H,1H3,(H2,13,16)(H,14,15). The number of H-pyrrole nitrogens is 1. The number of nitrogens with zero attached hydrogens (tertiary/aromatic N) is 3. The quantitative estimate of drug-likeness (QED) is 0.723. The monoisotopic (exact) mass is 291 g/mol. The number of benzene rings is 1. The zero-order chi connectivity index (χ0) is 12.0. The van der Waals surface area contributed by atoms with Crippen LogP contribution in [-0.2, 0) is 7.05 Å². The molecule has 0 fully saturated rings. The van der Waals surface area contributed by atoms with E-state index in [4.69, 9.17) is 5.73 Å². The number of hydrogen-bond donors (Lipinski definition) is 2. The summed E-state index contributed by atoms with van der Waals surface area (Å²) in [5, 5.41) is 4.18. The molecule has 0 amide bonds. The highest BCUT2D eigenvalue weighted by molar-refractivity contribution is 9.10. The average Bonchev–Trinajstić information content (AvgIpc) is 2.84. The fourth-order valence-electron chi connectivity index (χ4n) is 1.92. The summed E-state index contributed by atoms with van der Waals surface area (Å²) in [5.74, 6) is 0.493. The van der Waals surface area contributed by atoms with Crippen LogP contribution in [0.15, 0.2) is 29.0 Å². The maximum atomic E-state index is 5.77. The van der Waals surface area contributed by atoms with E-state index in [2.05, 4.69) is 31.0 Å². The smallest absolute Gasteiger partial charge is 0.160 e. The molecule has 0 bridgehead atoms. The van der Waals surface area contributed by atoms with Crippen molar-refractivity contribution in [2.75, 3.05) is 5.73 Å². The second kappa shape index (κ2) is 3.59. The van der Waals surface area contributed by atoms with Crippen LogP contribution in [0, 0.1) is 0 Å². The molecule has 17 heavy (non-hydrogen) atoms. The number of hydrogen-bond acceptors (Lipinski definition) is 3. The second-order valence-corrected chi connectivity index (χ2v) is 4.60. The van der Waals surface area contributed by atoms with Crippen LogP contribution in [0.25, 0.3) is 22.3 Å². The molecular formula is C11H10BrN5. The van der Waals surface area contributed by atoms with Crippen LogP contribution in [0.3, 0.4) is 0 Å². The number of aromatic amines is 1. The molecule has 0 saturated carbocycles. The van der Waals surface area contributed by atoms with E-state index in [0.29, 0.717) is 5.82 Å². The third kappa shape index (κ3) is 1.52. The van der Waals surface area contributed by atoms with Gasteiger partial charge in [-0.15, -0.1) is 0 Å². The zero-order valence-corrected chi connectivity index (χ0v) is 10.7. The summed E-state index contributed by atoms with van der Waals surface area (Å²) < 4.78 is 2.58. The summed E-state index contributed by atoms with van der Waals surface area (Å²) in [6.07, 6.45) is 1.68. The number of nitrogen functional groups attached to an aromatic ring is 1. The van der Waals surface area contributed by atoms with E-state index in [-0.39, 0.29) is 0 Å². The lowest BCUT2D eigenvalue weighted by Gasteiger charge is -2.02. The molecule has 3 N–H and O–H groups in total. The van der Waals surface area contributed by atoms with Crippen molar-refractivity contribution in [3.05, 3.63) is 29.0 Å². The first-order valence-corrected chi connectivity index (χ1v) is 5.87. The Hall–Kier alpha value is -1.82. The van der Waals surface area contributed by atoms with Gasteiger partial charge in [-0.3, -0.25) is 4.68 Å². The normalized spacial score (nSPS) is 11.2. The summed E-state index contributed by atoms with van der Waals surface area (Å²) in [6.45, 7) is 0. The van der Waals surface area contributed by atoms with Crippen molar-refractivity contribution in [2.45, 2.75) is 0 Å². The van der Waals surface area contributed by atoms with Crippen LogP contribution in [0.4, 0.5) is 5.82 Å². The first-order valence-electron chi connectivity index (χ1n) is 5.08. The number of imidazole rings is 1. The maximum Gasteiger partial charge on any atom is 0.160 e. The van der Waals surface area contributed by atoms with Crippen LogP contribution < -0.4 is 5.73 Å². The number of nitrogens with one attached hydrogen (secondary N) is 1. The van der Waals surface area contributed by atoms with E-state index in [1.807, 2.05) is 25.2 Å². The van der Waals surface area contributed by atoms with Crippen molar-refractivity contribution in [3.8, 4) is 11.3 Å². The van der Waals surface area contributed by atoms with E-state index in [9.17, 15) is 0 Å². The molecule has 0 radical (unpaired) electrons. The van der Waals surface area contributed by atoms with Crippen molar-refractivity contribution in [2.24, 2.45) is 7.05 Å². The predicted molar refractivity (Wildman–Crippen MR) is 70.4 cm³/mol. The number of aromatic nitrogens is 4. The molecule has 0 aliphatic rings. The van der Waals surface area contributed by atoms with E-state index in [1.54, 1.807) is 11.0 Å². The highest BCUT2D eigenvalue weighted by Crippen LogP contribution is 2.32. The fourth-order valence-corrected chi connectivity index (χ4v) is 2.48. The molecule has 5 nitrogen and oxygen atoms in total. The Morgan fingerprint density at radius 1 is 1.41 bits per heavy atom. The van der Waals surface area contributed by atoms with Gasteiger partial charge in [0.1, 0.15) is 0 Å². The average molecular weight is 292 g/mol. The molecule has 86 valence electrons. The minimum Gasteiger partial charge on any atom is -0.381 e. The molecule has 6 heteroatoms. The summed E-state index contributed by atoms with van der Waals surface area (Å²) in [5.41, 5.74) is 9.71. The largest absolute Gasteiger partial charge is 0.381 e. The molecule has 0 atom stereocenters. The first kappa shape index (κ1) is 10.3. The maximum absolute atomic E-state index is 5.77. The Bertz CT molecular complexity index is 697. The van der Waals surface area contributed by atoms with Crippen LogP contribution in [0.2, 0.25) is 0 Å². The topological polar surface area (TPSA) is 72.5 Å². The Morgan fingerprint density at radius 2 is 2.24 bits per heavy atom. The molecule has 0 saturated heterocycles. The Labute approximate surface area is 106 Å². The van der Waals surface area contributed by atoms with Crippen molar-refractivity contribution >= 4 is 32.8 Å². The molecule has 0 aliphatic carbocycles. The highest BCUT2D eigenvalue weighted by Gasteiger charge is 2.13. The van der Waals surface area contributed by atoms with Crippen molar-refractivity contribution in [1.82, 2.24) is 19.7 Å². The summed E-state index contributed by atoms with van der Waals surface area (Å²) in [4.78, 5) is 7.28. The minimum atomic E-state index is 0.493. The van der Waals surface area contributed by atoms with Gasteiger partial charge < -0.3 is 10.7 Å². The number of anilines is 1. The van der Waals surface area contributed by atoms with E-state index < -0.39 is 0 Å². The molecule has 3 aromatic rings. The number of aryl methyl sites for hydroxylation is 1. The van der Waals surface area contributed by atoms with Gasteiger partial charge in [0.2, 0.25) is 0 Å². The Kier molecular flexibility index (Phi) is 2.19. The van der Waals surface area contributed by atoms with Gasteiger partial charge >= 0.3 is 0 Å². The van der Waals surface area contributed by atoms with Gasteiger partial charge in [-0.25, -0.2) is 4.98 Å². The lowest BCUT2D eigenvalue weighted by molar-refractivity contribution is 0.780. The number of halogens is 1. The molecule has 1 aromatic carbocycles. The molecular weight excluding hydrogens is 282 g/mol. The molecule has 0 aliphatic heterocycles. The predicted octanol–water partition coefficient (Wildman–Crippen LogP) is 2.31. The third-order valence-corrected chi connectivity index (χ3v) is 3.49. The minimum absolute atomic E-state index is 0.493. The van der Waals surface area contributed by atoms with Crippen LogP contribution in [0.5, 0.6) is 0 Å². The zero-order valence-electron chi connectivity index (χ0n) is 9.11. The van der Waals surface area contributed by atoms with Gasteiger partial charge in [0.15, 0.2) is 5.82 Å². The summed E-state index contributed by atoms with van der Waals surface area (Å²) in [6, 6.07) is 6.00. The lowest BCUT2D eigenvalue weighted by atomic mass is 10.1. The van der Waals surface area contributed by atoms with Crippen LogP contribution in [-0.4, -0.2) is 19.7 Å². The van der Waals surface area contributed by atoms with Crippen LogP contribution in [0.1, 0.15) is 0 Å². The van der Waals surface area contributed by atoms with E-state index >= 15 is 0 Å². The van der Waals surface area contributed by atoms with Gasteiger partial charge in [-0.1, -0.05) is 6.07 Å². The Balaban J connectivity index is 2.26. The van der Waals surface area contributed by atoms with Crippen LogP contribution >= 0.6 is 15.9 Å². The number of fused-ring (bicyclic) bond motifs is 1. The molecule has 3 rings (SSSR count). The summed E-state index contributed by atoms with van der Waals surface area (Å²) >= 11 is 3.46. The molecule has 0 unspecified atom stereocenters. The third-order valence-electron chi connectivity index (χ3n) is 2.71. The van der Waals surface area contributed by atoms with Gasteiger partial charge in [-0.05, 0) is 28.1 Å². The molecule has 2 aromatic heterocycles. The summed E-state index contributed by atoms with van der Waals surface area (Å²) in [7, 11) is 1.87. The molecule has 2 heterocycles. The van der Waals surface area contributed by atoms with Gasteiger partial charge in [0.05, 0.1) is 27.5 Å². The van der Waals surface area contributed by atoms with Gasteiger partial charge in [0.25, 0.3) is 0 Å². The van der Waals surface area contributed by atoms with Crippen molar-refractivity contribution in [3.63, 3.8) is 0 Å². The van der Waals surface area contributed by atoms with Crippen molar-refractivity contribution < 1.29 is 0 Å². The fraction of sp³-hybridized carbons (Fsp3) is 0.0909. The highest BCUT2D eigenvalue weighted by atomic mass is 79.9. The number of rotatable bonds is 1. The lowest BCUT2D eigenvalue weighted by Crippen LogP contribution is -1.94. The molecule has 0 spiro atoms. The second-order valence-electron chi connectivity index (χ2n) is 3.81. The van der Waals surface area contributed by atoms with Gasteiger partial charge in [-0.2, -0.15) is 5.10 Å². The van der Waals surface area contributed by atoms with Gasteiger partial charge in [0, 0.05) is 12.6 Å². The Morgan fingerprint density at radius 3 is 2.94 bits per heavy atom.